The van der Waals surface area contributed by atoms with E-state index < -0.39 is 5.92 Å². The summed E-state index contributed by atoms with van der Waals surface area (Å²) in [4.78, 5) is 0. The molecule has 0 radical (unpaired) electrons. The van der Waals surface area contributed by atoms with Crippen molar-refractivity contribution in [2.75, 3.05) is 7.11 Å². The average Bonchev–Trinajstić information content (AvgIpc) is 2.67. The number of nitriles is 1. The van der Waals surface area contributed by atoms with E-state index in [9.17, 15) is 10.4 Å². The highest BCUT2D eigenvalue weighted by atomic mass is 16.5. The molecule has 0 aromatic heterocycles. The zero-order chi connectivity index (χ0) is 18.3. The van der Waals surface area contributed by atoms with Gasteiger partial charge in [-0.3, -0.25) is 0 Å². The molecule has 0 fully saturated rings. The van der Waals surface area contributed by atoms with Crippen LogP contribution >= 0.6 is 0 Å². The predicted octanol–water partition coefficient (Wildman–Crippen LogP) is 3.77. The first kappa shape index (κ1) is 15.9. The molecule has 128 valence electrons. The van der Waals surface area contributed by atoms with E-state index in [0.717, 1.165) is 21.9 Å². The molecule has 0 spiro atoms. The van der Waals surface area contributed by atoms with E-state index in [1.54, 1.807) is 18.2 Å². The molecule has 0 saturated carbocycles. The van der Waals surface area contributed by atoms with Crippen LogP contribution in [0.2, 0.25) is 0 Å². The molecule has 0 amide bonds. The molecule has 0 saturated heterocycles. The van der Waals surface area contributed by atoms with Crippen LogP contribution in [-0.4, -0.2) is 12.2 Å². The second-order valence-corrected chi connectivity index (χ2v) is 6.06. The predicted molar refractivity (Wildman–Crippen MR) is 97.9 cm³/mol. The third kappa shape index (κ3) is 2.32. The Morgan fingerprint density at radius 1 is 1.15 bits per heavy atom. The van der Waals surface area contributed by atoms with Crippen molar-refractivity contribution in [1.29, 1.82) is 5.26 Å². The maximum atomic E-state index is 9.89. The lowest BCUT2D eigenvalue weighted by Crippen LogP contribution is -2.21. The first-order valence-electron chi connectivity index (χ1n) is 8.10. The molecule has 1 unspecified atom stereocenters. The Bertz CT molecular complexity index is 1100. The van der Waals surface area contributed by atoms with Gasteiger partial charge in [0.1, 0.15) is 17.4 Å². The molecule has 3 aromatic carbocycles. The lowest BCUT2D eigenvalue weighted by Gasteiger charge is -2.27. The second kappa shape index (κ2) is 6.01. The Balaban J connectivity index is 1.99. The molecular weight excluding hydrogens is 328 g/mol. The Morgan fingerprint density at radius 2 is 1.96 bits per heavy atom. The first-order chi connectivity index (χ1) is 12.6. The van der Waals surface area contributed by atoms with Crippen molar-refractivity contribution in [3.63, 3.8) is 0 Å². The van der Waals surface area contributed by atoms with Gasteiger partial charge in [-0.1, -0.05) is 42.5 Å². The quantitative estimate of drug-likeness (QED) is 0.739. The van der Waals surface area contributed by atoms with Crippen LogP contribution in [0.4, 0.5) is 0 Å². The molecule has 1 aliphatic heterocycles. The highest BCUT2D eigenvalue weighted by Gasteiger charge is 2.32. The van der Waals surface area contributed by atoms with Crippen molar-refractivity contribution in [3.05, 3.63) is 77.2 Å². The van der Waals surface area contributed by atoms with E-state index in [2.05, 4.69) is 6.07 Å². The van der Waals surface area contributed by atoms with Crippen LogP contribution in [0.1, 0.15) is 17.0 Å². The van der Waals surface area contributed by atoms with Gasteiger partial charge < -0.3 is 20.3 Å². The Hall–Kier alpha value is -3.65. The molecular formula is C21H16N2O3. The van der Waals surface area contributed by atoms with E-state index >= 15 is 0 Å². The fourth-order valence-electron chi connectivity index (χ4n) is 3.40. The van der Waals surface area contributed by atoms with Crippen LogP contribution in [0.25, 0.3) is 10.8 Å². The molecule has 3 aromatic rings. The van der Waals surface area contributed by atoms with Gasteiger partial charge in [0.25, 0.3) is 0 Å². The molecule has 1 heterocycles. The number of nitrogens with two attached hydrogens (primary N) is 1. The topological polar surface area (TPSA) is 88.5 Å². The number of benzene rings is 3. The van der Waals surface area contributed by atoms with E-state index in [-0.39, 0.29) is 11.6 Å². The van der Waals surface area contributed by atoms with Gasteiger partial charge in [-0.15, -0.1) is 0 Å². The van der Waals surface area contributed by atoms with E-state index in [1.807, 2.05) is 36.4 Å². The van der Waals surface area contributed by atoms with Gasteiger partial charge in [0.15, 0.2) is 11.5 Å². The van der Waals surface area contributed by atoms with Crippen molar-refractivity contribution in [1.82, 2.24) is 0 Å². The van der Waals surface area contributed by atoms with Crippen LogP contribution in [0, 0.1) is 11.3 Å². The van der Waals surface area contributed by atoms with Gasteiger partial charge in [-0.05, 0) is 23.1 Å². The molecule has 0 aliphatic carbocycles. The summed E-state index contributed by atoms with van der Waals surface area (Å²) in [5, 5.41) is 21.5. The van der Waals surface area contributed by atoms with Crippen molar-refractivity contribution in [2.24, 2.45) is 5.73 Å². The second-order valence-electron chi connectivity index (χ2n) is 6.06. The first-order valence-corrected chi connectivity index (χ1v) is 8.10. The van der Waals surface area contributed by atoms with Gasteiger partial charge in [-0.25, -0.2) is 0 Å². The number of phenols is 1. The zero-order valence-electron chi connectivity index (χ0n) is 14.1. The van der Waals surface area contributed by atoms with Crippen LogP contribution in [0.5, 0.6) is 17.2 Å². The number of methoxy groups -OCH3 is 1. The van der Waals surface area contributed by atoms with Crippen molar-refractivity contribution < 1.29 is 14.6 Å². The zero-order valence-corrected chi connectivity index (χ0v) is 14.1. The minimum Gasteiger partial charge on any atom is -0.504 e. The smallest absolute Gasteiger partial charge is 0.205 e. The molecule has 1 atom stereocenters. The van der Waals surface area contributed by atoms with Gasteiger partial charge in [-0.2, -0.15) is 5.26 Å². The fourth-order valence-corrected chi connectivity index (χ4v) is 3.40. The monoisotopic (exact) mass is 344 g/mol. The minimum atomic E-state index is -0.400. The Kier molecular flexibility index (Phi) is 3.67. The average molecular weight is 344 g/mol. The number of nitrogens with zero attached hydrogens (tertiary/aromatic N) is 1. The lowest BCUT2D eigenvalue weighted by molar-refractivity contribution is 0.372. The molecule has 1 aliphatic rings. The SMILES string of the molecule is COc1cc(C2C(C#N)=C(N)Oc3c2ccc2ccccc32)ccc1O. The Morgan fingerprint density at radius 3 is 2.73 bits per heavy atom. The Labute approximate surface area is 150 Å². The van der Waals surface area contributed by atoms with Crippen molar-refractivity contribution in [2.45, 2.75) is 5.92 Å². The number of ether oxygens (including phenoxy) is 2. The minimum absolute atomic E-state index is 0.0394. The summed E-state index contributed by atoms with van der Waals surface area (Å²) in [6.07, 6.45) is 0. The highest BCUT2D eigenvalue weighted by molar-refractivity contribution is 5.90. The van der Waals surface area contributed by atoms with Gasteiger partial charge >= 0.3 is 0 Å². The van der Waals surface area contributed by atoms with E-state index in [1.165, 1.54) is 7.11 Å². The van der Waals surface area contributed by atoms with E-state index in [0.29, 0.717) is 17.1 Å². The standard InChI is InChI=1S/C21H16N2O3/c1-25-18-10-13(7-9-17(18)24)19-15-8-6-12-4-2-3-5-14(12)20(15)26-21(23)16(19)11-22/h2-10,19,24H,23H2,1H3. The summed E-state index contributed by atoms with van der Waals surface area (Å²) < 4.78 is 11.1. The van der Waals surface area contributed by atoms with Crippen molar-refractivity contribution in [3.8, 4) is 23.3 Å². The molecule has 3 N–H and O–H groups in total. The van der Waals surface area contributed by atoms with Crippen LogP contribution in [0.15, 0.2) is 66.1 Å². The molecule has 5 heteroatoms. The summed E-state index contributed by atoms with van der Waals surface area (Å²) in [6, 6.07) is 19.0. The number of hydrogen-bond donors (Lipinski definition) is 2. The van der Waals surface area contributed by atoms with Crippen LogP contribution < -0.4 is 15.2 Å². The number of rotatable bonds is 2. The lowest BCUT2D eigenvalue weighted by atomic mass is 9.82. The summed E-state index contributed by atoms with van der Waals surface area (Å²) >= 11 is 0. The summed E-state index contributed by atoms with van der Waals surface area (Å²) in [7, 11) is 1.49. The molecule has 26 heavy (non-hydrogen) atoms. The normalized spacial score (nSPS) is 15.9. The highest BCUT2D eigenvalue weighted by Crippen LogP contribution is 2.46. The fraction of sp³-hybridized carbons (Fsp3) is 0.0952. The number of aromatic hydroxyl groups is 1. The van der Waals surface area contributed by atoms with E-state index in [4.69, 9.17) is 15.2 Å². The number of hydrogen-bond acceptors (Lipinski definition) is 5. The number of phenolic OH excluding ortho intramolecular Hbond substituents is 1. The maximum Gasteiger partial charge on any atom is 0.205 e. The van der Waals surface area contributed by atoms with Crippen molar-refractivity contribution >= 4 is 10.8 Å². The third-order valence-electron chi connectivity index (χ3n) is 4.64. The summed E-state index contributed by atoms with van der Waals surface area (Å²) in [6.45, 7) is 0. The maximum absolute atomic E-state index is 9.89. The molecule has 0 bridgehead atoms. The van der Waals surface area contributed by atoms with Gasteiger partial charge in [0, 0.05) is 10.9 Å². The third-order valence-corrected chi connectivity index (χ3v) is 4.64. The van der Waals surface area contributed by atoms with Crippen LogP contribution in [-0.2, 0) is 0 Å². The van der Waals surface area contributed by atoms with Gasteiger partial charge in [0.2, 0.25) is 5.88 Å². The van der Waals surface area contributed by atoms with Crippen LogP contribution in [0.3, 0.4) is 0 Å². The summed E-state index contributed by atoms with van der Waals surface area (Å²) in [5.41, 5.74) is 8.05. The number of allylic oxidation sites excluding steroid dienone is 1. The largest absolute Gasteiger partial charge is 0.504 e. The molecule has 5 nitrogen and oxygen atoms in total. The number of fused-ring (bicyclic) bond motifs is 3. The van der Waals surface area contributed by atoms with Gasteiger partial charge in [0.05, 0.1) is 13.0 Å². The summed E-state index contributed by atoms with van der Waals surface area (Å²) in [5.74, 6) is 0.720. The molecule has 4 rings (SSSR count).